The van der Waals surface area contributed by atoms with Crippen molar-refractivity contribution in [1.82, 2.24) is 4.90 Å². The summed E-state index contributed by atoms with van der Waals surface area (Å²) in [5, 5.41) is 3.52. The van der Waals surface area contributed by atoms with Crippen molar-refractivity contribution in [3.8, 4) is 0 Å². The number of fused-ring (bicyclic) bond motifs is 1. The Labute approximate surface area is 121 Å². The van der Waals surface area contributed by atoms with Gasteiger partial charge in [-0.2, -0.15) is 0 Å². The van der Waals surface area contributed by atoms with Crippen molar-refractivity contribution < 1.29 is 9.47 Å². The fraction of sp³-hybridized carbons (Fsp3) is 0.625. The average Bonchev–Trinajstić information content (AvgIpc) is 3.09. The molecule has 1 atom stereocenters. The topological polar surface area (TPSA) is 33.7 Å². The molecule has 0 aliphatic carbocycles. The Kier molecular flexibility index (Phi) is 4.55. The average molecular weight is 276 g/mol. The summed E-state index contributed by atoms with van der Waals surface area (Å²) in [5.74, 6) is 0. The molecular weight excluding hydrogens is 252 g/mol. The zero-order valence-corrected chi connectivity index (χ0v) is 12.2. The molecule has 1 N–H and O–H groups in total. The first-order valence-corrected chi connectivity index (χ1v) is 7.54. The van der Waals surface area contributed by atoms with E-state index < -0.39 is 0 Å². The lowest BCUT2D eigenvalue weighted by atomic mass is 10.1. The lowest BCUT2D eigenvalue weighted by molar-refractivity contribution is 0.0219. The van der Waals surface area contributed by atoms with E-state index >= 15 is 0 Å². The largest absolute Gasteiger partial charge is 0.384 e. The molecule has 1 aromatic carbocycles. The molecule has 2 aliphatic rings. The van der Waals surface area contributed by atoms with Crippen LogP contribution in [0.5, 0.6) is 0 Å². The number of hydrogen-bond acceptors (Lipinski definition) is 4. The number of likely N-dealkylation sites (tertiary alicyclic amines) is 1. The fourth-order valence-corrected chi connectivity index (χ4v) is 3.16. The van der Waals surface area contributed by atoms with E-state index in [9.17, 15) is 0 Å². The molecule has 4 nitrogen and oxygen atoms in total. The summed E-state index contributed by atoms with van der Waals surface area (Å²) in [5.41, 5.74) is 4.27. The van der Waals surface area contributed by atoms with Gasteiger partial charge in [-0.05, 0) is 24.0 Å². The van der Waals surface area contributed by atoms with Gasteiger partial charge in [0, 0.05) is 39.0 Å². The molecule has 1 saturated heterocycles. The zero-order chi connectivity index (χ0) is 13.8. The van der Waals surface area contributed by atoms with Crippen LogP contribution in [0.25, 0.3) is 0 Å². The van der Waals surface area contributed by atoms with Crippen molar-refractivity contribution >= 4 is 5.69 Å². The molecule has 110 valence electrons. The van der Waals surface area contributed by atoms with Gasteiger partial charge < -0.3 is 14.8 Å². The predicted molar refractivity (Wildman–Crippen MR) is 80.1 cm³/mol. The standard InChI is InChI=1S/C16H24N2O2/c1-19-9-10-20-15-6-8-18(12-15)11-14-4-2-3-13-5-7-17-16(13)14/h2-4,15,17H,5-12H2,1H3. The second kappa shape index (κ2) is 6.57. The molecule has 0 amide bonds. The zero-order valence-electron chi connectivity index (χ0n) is 12.2. The molecular formula is C16H24N2O2. The highest BCUT2D eigenvalue weighted by Crippen LogP contribution is 2.28. The number of benzene rings is 1. The van der Waals surface area contributed by atoms with E-state index in [4.69, 9.17) is 9.47 Å². The van der Waals surface area contributed by atoms with Crippen molar-refractivity contribution in [3.63, 3.8) is 0 Å². The molecule has 0 spiro atoms. The minimum Gasteiger partial charge on any atom is -0.384 e. The quantitative estimate of drug-likeness (QED) is 0.805. The predicted octanol–water partition coefficient (Wildman–Crippen LogP) is 1.89. The van der Waals surface area contributed by atoms with Gasteiger partial charge in [-0.15, -0.1) is 0 Å². The van der Waals surface area contributed by atoms with E-state index in [0.717, 1.165) is 39.0 Å². The second-order valence-corrected chi connectivity index (χ2v) is 5.64. The number of rotatable bonds is 6. The number of anilines is 1. The highest BCUT2D eigenvalue weighted by Gasteiger charge is 2.24. The van der Waals surface area contributed by atoms with Crippen molar-refractivity contribution in [2.24, 2.45) is 0 Å². The number of methoxy groups -OCH3 is 1. The van der Waals surface area contributed by atoms with Gasteiger partial charge in [-0.3, -0.25) is 4.90 Å². The molecule has 1 unspecified atom stereocenters. The van der Waals surface area contributed by atoms with Crippen molar-refractivity contribution in [2.45, 2.75) is 25.5 Å². The first kappa shape index (κ1) is 13.9. The normalized spacial score (nSPS) is 21.9. The van der Waals surface area contributed by atoms with Gasteiger partial charge in [-0.1, -0.05) is 18.2 Å². The van der Waals surface area contributed by atoms with E-state index in [-0.39, 0.29) is 0 Å². The fourth-order valence-electron chi connectivity index (χ4n) is 3.16. The Hall–Kier alpha value is -1.10. The van der Waals surface area contributed by atoms with Crippen LogP contribution >= 0.6 is 0 Å². The summed E-state index contributed by atoms with van der Waals surface area (Å²) in [4.78, 5) is 2.49. The maximum atomic E-state index is 5.82. The van der Waals surface area contributed by atoms with Crippen LogP contribution in [0.3, 0.4) is 0 Å². The van der Waals surface area contributed by atoms with E-state index in [0.29, 0.717) is 19.3 Å². The van der Waals surface area contributed by atoms with Crippen LogP contribution in [0.2, 0.25) is 0 Å². The summed E-state index contributed by atoms with van der Waals surface area (Å²) in [7, 11) is 1.72. The third-order valence-corrected chi connectivity index (χ3v) is 4.20. The molecule has 20 heavy (non-hydrogen) atoms. The lowest BCUT2D eigenvalue weighted by Crippen LogP contribution is -2.24. The Morgan fingerprint density at radius 2 is 2.30 bits per heavy atom. The molecule has 0 radical (unpaired) electrons. The Balaban J connectivity index is 1.53. The maximum Gasteiger partial charge on any atom is 0.0715 e. The summed E-state index contributed by atoms with van der Waals surface area (Å²) < 4.78 is 10.8. The van der Waals surface area contributed by atoms with E-state index in [1.54, 1.807) is 7.11 Å². The van der Waals surface area contributed by atoms with Crippen LogP contribution in [0, 0.1) is 0 Å². The van der Waals surface area contributed by atoms with Gasteiger partial charge in [0.25, 0.3) is 0 Å². The van der Waals surface area contributed by atoms with Crippen LogP contribution in [-0.4, -0.2) is 51.0 Å². The van der Waals surface area contributed by atoms with E-state index in [2.05, 4.69) is 28.4 Å². The monoisotopic (exact) mass is 276 g/mol. The number of nitrogens with one attached hydrogen (secondary N) is 1. The van der Waals surface area contributed by atoms with Crippen molar-refractivity contribution in [1.29, 1.82) is 0 Å². The molecule has 0 aromatic heterocycles. The number of para-hydroxylation sites is 1. The van der Waals surface area contributed by atoms with Crippen LogP contribution in [-0.2, 0) is 22.4 Å². The van der Waals surface area contributed by atoms with Gasteiger partial charge in [0.15, 0.2) is 0 Å². The van der Waals surface area contributed by atoms with E-state index in [1.807, 2.05) is 0 Å². The molecule has 4 heteroatoms. The minimum atomic E-state index is 0.370. The molecule has 0 saturated carbocycles. The molecule has 2 aliphatic heterocycles. The lowest BCUT2D eigenvalue weighted by Gasteiger charge is -2.18. The van der Waals surface area contributed by atoms with Gasteiger partial charge >= 0.3 is 0 Å². The van der Waals surface area contributed by atoms with Crippen molar-refractivity contribution in [3.05, 3.63) is 29.3 Å². The molecule has 2 heterocycles. The molecule has 3 rings (SSSR count). The third-order valence-electron chi connectivity index (χ3n) is 4.20. The van der Waals surface area contributed by atoms with Gasteiger partial charge in [0.05, 0.1) is 19.3 Å². The van der Waals surface area contributed by atoms with Gasteiger partial charge in [0.2, 0.25) is 0 Å². The van der Waals surface area contributed by atoms with Crippen LogP contribution in [0.15, 0.2) is 18.2 Å². The number of nitrogens with zero attached hydrogens (tertiary/aromatic N) is 1. The van der Waals surface area contributed by atoms with Crippen LogP contribution in [0.1, 0.15) is 17.5 Å². The summed E-state index contributed by atoms with van der Waals surface area (Å²) >= 11 is 0. The van der Waals surface area contributed by atoms with Crippen LogP contribution < -0.4 is 5.32 Å². The molecule has 0 bridgehead atoms. The number of hydrogen-bond donors (Lipinski definition) is 1. The SMILES string of the molecule is COCCOC1CCN(Cc2cccc3c2NCC3)C1. The second-order valence-electron chi connectivity index (χ2n) is 5.64. The van der Waals surface area contributed by atoms with E-state index in [1.165, 1.54) is 16.8 Å². The first-order chi connectivity index (χ1) is 9.86. The van der Waals surface area contributed by atoms with Gasteiger partial charge in [-0.25, -0.2) is 0 Å². The number of ether oxygens (including phenoxy) is 2. The Morgan fingerprint density at radius 3 is 3.20 bits per heavy atom. The maximum absolute atomic E-state index is 5.82. The summed E-state index contributed by atoms with van der Waals surface area (Å²) in [6.45, 7) is 5.66. The molecule has 1 aromatic rings. The van der Waals surface area contributed by atoms with Gasteiger partial charge in [0.1, 0.15) is 0 Å². The summed E-state index contributed by atoms with van der Waals surface area (Å²) in [6.07, 6.45) is 2.66. The Bertz CT molecular complexity index is 450. The Morgan fingerprint density at radius 1 is 1.35 bits per heavy atom. The van der Waals surface area contributed by atoms with Crippen LogP contribution in [0.4, 0.5) is 5.69 Å². The minimum absolute atomic E-state index is 0.370. The smallest absolute Gasteiger partial charge is 0.0715 e. The third kappa shape index (κ3) is 3.14. The highest BCUT2D eigenvalue weighted by molar-refractivity contribution is 5.61. The first-order valence-electron chi connectivity index (χ1n) is 7.54. The summed E-state index contributed by atoms with van der Waals surface area (Å²) in [6, 6.07) is 6.67. The van der Waals surface area contributed by atoms with Crippen molar-refractivity contribution in [2.75, 3.05) is 45.3 Å². The molecule has 1 fully saturated rings. The highest BCUT2D eigenvalue weighted by atomic mass is 16.5.